The molecule has 1 unspecified atom stereocenters. The maximum absolute atomic E-state index is 13.3. The van der Waals surface area contributed by atoms with Crippen LogP contribution in [-0.4, -0.2) is 24.4 Å². The summed E-state index contributed by atoms with van der Waals surface area (Å²) in [5.74, 6) is 1.16. The lowest BCUT2D eigenvalue weighted by molar-refractivity contribution is 0.394. The molecule has 0 aliphatic rings. The van der Waals surface area contributed by atoms with Gasteiger partial charge in [-0.1, -0.05) is 29.4 Å². The zero-order chi connectivity index (χ0) is 18.7. The summed E-state index contributed by atoms with van der Waals surface area (Å²) < 4.78 is 29.5. The Bertz CT molecular complexity index is 897. The van der Waals surface area contributed by atoms with Crippen LogP contribution in [-0.2, 0) is 0 Å². The molecule has 5 nitrogen and oxygen atoms in total. The second kappa shape index (κ2) is 7.97. The summed E-state index contributed by atoms with van der Waals surface area (Å²) in [7, 11) is 3.15. The molecule has 0 radical (unpaired) electrons. The van der Waals surface area contributed by atoms with Gasteiger partial charge < -0.3 is 13.9 Å². The highest BCUT2D eigenvalue weighted by Gasteiger charge is 2.16. The molecule has 1 atom stereocenters. The van der Waals surface area contributed by atoms with Crippen molar-refractivity contribution in [3.05, 3.63) is 52.8 Å². The molecular formula is C18H16ClFN2O3S. The molecule has 136 valence electrons. The summed E-state index contributed by atoms with van der Waals surface area (Å²) in [6, 6.07) is 9.95. The Morgan fingerprint density at radius 3 is 2.38 bits per heavy atom. The molecule has 0 saturated carbocycles. The van der Waals surface area contributed by atoms with Crippen LogP contribution in [0, 0.1) is 5.82 Å². The quantitative estimate of drug-likeness (QED) is 0.522. The molecule has 0 spiro atoms. The van der Waals surface area contributed by atoms with Crippen molar-refractivity contribution in [2.75, 3.05) is 14.2 Å². The van der Waals surface area contributed by atoms with Crippen molar-refractivity contribution in [2.24, 2.45) is 0 Å². The van der Waals surface area contributed by atoms with E-state index < -0.39 is 5.82 Å². The van der Waals surface area contributed by atoms with Crippen molar-refractivity contribution in [1.82, 2.24) is 10.2 Å². The highest BCUT2D eigenvalue weighted by atomic mass is 35.5. The van der Waals surface area contributed by atoms with E-state index in [1.807, 2.05) is 6.92 Å². The Morgan fingerprint density at radius 1 is 1.08 bits per heavy atom. The number of hydrogen-bond acceptors (Lipinski definition) is 6. The number of thioether (sulfide) groups is 1. The molecule has 8 heteroatoms. The SMILES string of the molecule is COc1cc(OC)cc(-c2nnc(SC(C)c3ccc(F)c(Cl)c3)o2)c1. The molecule has 0 aliphatic heterocycles. The summed E-state index contributed by atoms with van der Waals surface area (Å²) >= 11 is 7.21. The van der Waals surface area contributed by atoms with E-state index in [1.54, 1.807) is 44.6 Å². The lowest BCUT2D eigenvalue weighted by Gasteiger charge is -2.09. The first-order valence-corrected chi connectivity index (χ1v) is 8.94. The normalized spacial score (nSPS) is 12.0. The molecule has 2 aromatic carbocycles. The minimum absolute atomic E-state index is 0.0405. The van der Waals surface area contributed by atoms with Gasteiger partial charge in [0.05, 0.1) is 19.2 Å². The number of aromatic nitrogens is 2. The summed E-state index contributed by atoms with van der Waals surface area (Å²) in [5.41, 5.74) is 1.56. The second-order valence-corrected chi connectivity index (χ2v) is 7.11. The predicted molar refractivity (Wildman–Crippen MR) is 98.5 cm³/mol. The number of ether oxygens (including phenoxy) is 2. The third kappa shape index (κ3) is 4.11. The van der Waals surface area contributed by atoms with Crippen LogP contribution >= 0.6 is 23.4 Å². The van der Waals surface area contributed by atoms with Crippen LogP contribution in [0.4, 0.5) is 4.39 Å². The average molecular weight is 395 g/mol. The minimum atomic E-state index is -0.445. The fraction of sp³-hybridized carbons (Fsp3) is 0.222. The molecular weight excluding hydrogens is 379 g/mol. The minimum Gasteiger partial charge on any atom is -0.497 e. The Kier molecular flexibility index (Phi) is 5.68. The molecule has 3 aromatic rings. The first-order chi connectivity index (χ1) is 12.5. The molecule has 0 amide bonds. The van der Waals surface area contributed by atoms with Gasteiger partial charge in [-0.05, 0) is 36.8 Å². The smallest absolute Gasteiger partial charge is 0.277 e. The van der Waals surface area contributed by atoms with E-state index in [4.69, 9.17) is 25.5 Å². The van der Waals surface area contributed by atoms with Gasteiger partial charge in [0.2, 0.25) is 5.89 Å². The molecule has 1 heterocycles. The van der Waals surface area contributed by atoms with Gasteiger partial charge in [0.15, 0.2) is 0 Å². The highest BCUT2D eigenvalue weighted by molar-refractivity contribution is 7.99. The van der Waals surface area contributed by atoms with Crippen molar-refractivity contribution in [3.8, 4) is 23.0 Å². The van der Waals surface area contributed by atoms with Crippen LogP contribution in [0.25, 0.3) is 11.5 Å². The predicted octanol–water partition coefficient (Wildman–Crippen LogP) is 5.40. The summed E-state index contributed by atoms with van der Waals surface area (Å²) in [6.07, 6.45) is 0. The number of hydrogen-bond donors (Lipinski definition) is 0. The molecule has 0 bridgehead atoms. The van der Waals surface area contributed by atoms with Gasteiger partial charge in [0.25, 0.3) is 5.22 Å². The maximum atomic E-state index is 13.3. The van der Waals surface area contributed by atoms with Crippen molar-refractivity contribution < 1.29 is 18.3 Å². The van der Waals surface area contributed by atoms with E-state index in [0.29, 0.717) is 28.2 Å². The number of benzene rings is 2. The first kappa shape index (κ1) is 18.5. The van der Waals surface area contributed by atoms with Gasteiger partial charge in [0.1, 0.15) is 17.3 Å². The maximum Gasteiger partial charge on any atom is 0.277 e. The van der Waals surface area contributed by atoms with Crippen LogP contribution in [0.3, 0.4) is 0 Å². The monoisotopic (exact) mass is 394 g/mol. The number of nitrogens with zero attached hydrogens (tertiary/aromatic N) is 2. The van der Waals surface area contributed by atoms with Crippen LogP contribution in [0.5, 0.6) is 11.5 Å². The van der Waals surface area contributed by atoms with E-state index in [9.17, 15) is 4.39 Å². The van der Waals surface area contributed by atoms with E-state index >= 15 is 0 Å². The molecule has 26 heavy (non-hydrogen) atoms. The molecule has 1 aromatic heterocycles. The Hall–Kier alpha value is -2.25. The third-order valence-electron chi connectivity index (χ3n) is 3.70. The molecule has 0 N–H and O–H groups in total. The van der Waals surface area contributed by atoms with E-state index in [0.717, 1.165) is 5.56 Å². The summed E-state index contributed by atoms with van der Waals surface area (Å²) in [5, 5.41) is 8.59. The topological polar surface area (TPSA) is 57.4 Å². The Morgan fingerprint density at radius 2 is 1.77 bits per heavy atom. The zero-order valence-electron chi connectivity index (χ0n) is 14.3. The van der Waals surface area contributed by atoms with Gasteiger partial charge in [-0.15, -0.1) is 10.2 Å². The van der Waals surface area contributed by atoms with Crippen LogP contribution in [0.2, 0.25) is 5.02 Å². The third-order valence-corrected chi connectivity index (χ3v) is 4.98. The van der Waals surface area contributed by atoms with Crippen LogP contribution < -0.4 is 9.47 Å². The summed E-state index contributed by atoms with van der Waals surface area (Å²) in [4.78, 5) is 0. The second-order valence-electron chi connectivity index (χ2n) is 5.41. The summed E-state index contributed by atoms with van der Waals surface area (Å²) in [6.45, 7) is 1.95. The average Bonchev–Trinajstić information content (AvgIpc) is 3.11. The Balaban J connectivity index is 1.80. The van der Waals surface area contributed by atoms with E-state index in [2.05, 4.69) is 10.2 Å². The first-order valence-electron chi connectivity index (χ1n) is 7.68. The van der Waals surface area contributed by atoms with E-state index in [1.165, 1.54) is 17.8 Å². The highest BCUT2D eigenvalue weighted by Crippen LogP contribution is 2.37. The van der Waals surface area contributed by atoms with Gasteiger partial charge >= 0.3 is 0 Å². The van der Waals surface area contributed by atoms with Gasteiger partial charge in [0, 0.05) is 16.9 Å². The molecule has 3 rings (SSSR count). The number of halogens is 2. The molecule has 0 saturated heterocycles. The van der Waals surface area contributed by atoms with Crippen molar-refractivity contribution in [3.63, 3.8) is 0 Å². The fourth-order valence-corrected chi connectivity index (χ4v) is 3.28. The van der Waals surface area contributed by atoms with Crippen molar-refractivity contribution >= 4 is 23.4 Å². The lowest BCUT2D eigenvalue weighted by Crippen LogP contribution is -1.90. The molecule has 0 aliphatic carbocycles. The van der Waals surface area contributed by atoms with Gasteiger partial charge in [-0.3, -0.25) is 0 Å². The van der Waals surface area contributed by atoms with Crippen LogP contribution in [0.15, 0.2) is 46.0 Å². The fourth-order valence-electron chi connectivity index (χ4n) is 2.29. The van der Waals surface area contributed by atoms with Crippen molar-refractivity contribution in [1.29, 1.82) is 0 Å². The van der Waals surface area contributed by atoms with Crippen LogP contribution in [0.1, 0.15) is 17.7 Å². The largest absolute Gasteiger partial charge is 0.497 e. The number of rotatable bonds is 6. The van der Waals surface area contributed by atoms with Crippen molar-refractivity contribution in [2.45, 2.75) is 17.4 Å². The zero-order valence-corrected chi connectivity index (χ0v) is 15.9. The van der Waals surface area contributed by atoms with Gasteiger partial charge in [-0.2, -0.15) is 0 Å². The Labute approximate surface area is 159 Å². The molecule has 0 fully saturated rings. The standard InChI is InChI=1S/C18H16ClFN2O3S/c1-10(11-4-5-16(20)15(19)8-11)26-18-22-21-17(25-18)12-6-13(23-2)9-14(7-12)24-3/h4-10H,1-3H3. The number of methoxy groups -OCH3 is 2. The van der Waals surface area contributed by atoms with Gasteiger partial charge in [-0.25, -0.2) is 4.39 Å². The van der Waals surface area contributed by atoms with E-state index in [-0.39, 0.29) is 10.3 Å². The lowest BCUT2D eigenvalue weighted by atomic mass is 10.2.